The summed E-state index contributed by atoms with van der Waals surface area (Å²) < 4.78 is 0. The molecular formula is C14H9Br2ClS. The van der Waals surface area contributed by atoms with Crippen molar-refractivity contribution < 1.29 is 0 Å². The Balaban J connectivity index is 2.20. The van der Waals surface area contributed by atoms with Gasteiger partial charge in [-0.25, -0.2) is 0 Å². The lowest BCUT2D eigenvalue weighted by Crippen LogP contribution is -1.98. The second-order valence-corrected chi connectivity index (χ2v) is 7.62. The van der Waals surface area contributed by atoms with E-state index in [1.165, 1.54) is 20.9 Å². The lowest BCUT2D eigenvalue weighted by molar-refractivity contribution is 0.907. The number of hydrogen-bond acceptors (Lipinski definition) is 1. The van der Waals surface area contributed by atoms with E-state index >= 15 is 0 Å². The van der Waals surface area contributed by atoms with Crippen LogP contribution >= 0.6 is 55.2 Å². The van der Waals surface area contributed by atoms with Crippen LogP contribution in [0.15, 0.2) is 52.3 Å². The van der Waals surface area contributed by atoms with Crippen LogP contribution < -0.4 is 0 Å². The minimum atomic E-state index is 0.224. The summed E-state index contributed by atoms with van der Waals surface area (Å²) in [4.78, 5) is 3.03. The van der Waals surface area contributed by atoms with Gasteiger partial charge in [-0.15, -0.1) is 0 Å². The highest BCUT2D eigenvalue weighted by molar-refractivity contribution is 9.12. The number of benzene rings is 2. The van der Waals surface area contributed by atoms with Gasteiger partial charge in [-0.05, 0) is 35.4 Å². The van der Waals surface area contributed by atoms with Gasteiger partial charge in [0.15, 0.2) is 0 Å². The number of fused-ring (bicyclic) bond motifs is 2. The molecule has 0 spiro atoms. The van der Waals surface area contributed by atoms with Gasteiger partial charge in [0.1, 0.15) is 0 Å². The Morgan fingerprint density at radius 1 is 0.889 bits per heavy atom. The maximum atomic E-state index is 6.11. The quantitative estimate of drug-likeness (QED) is 0.459. The minimum absolute atomic E-state index is 0.224. The third-order valence-electron chi connectivity index (χ3n) is 2.96. The average Bonchev–Trinajstić information content (AvgIpc) is 2.48. The molecule has 4 heteroatoms. The highest BCUT2D eigenvalue weighted by atomic mass is 79.9. The molecule has 0 saturated carbocycles. The van der Waals surface area contributed by atoms with Crippen LogP contribution in [0.1, 0.15) is 20.8 Å². The Morgan fingerprint density at radius 2 is 1.56 bits per heavy atom. The highest BCUT2D eigenvalue weighted by Crippen LogP contribution is 2.52. The molecule has 2 aromatic carbocycles. The summed E-state index contributed by atoms with van der Waals surface area (Å²) in [5.41, 5.74) is 2.56. The van der Waals surface area contributed by atoms with E-state index in [9.17, 15) is 0 Å². The lowest BCUT2D eigenvalue weighted by Gasteiger charge is -2.16. The molecule has 0 aromatic heterocycles. The molecular weight excluding hydrogens is 395 g/mol. The zero-order valence-corrected chi connectivity index (χ0v) is 14.0. The molecule has 92 valence electrons. The molecule has 0 bridgehead atoms. The summed E-state index contributed by atoms with van der Waals surface area (Å²) in [6.45, 7) is 0. The minimum Gasteiger partial charge on any atom is -0.0894 e. The molecule has 1 aliphatic heterocycles. The summed E-state index contributed by atoms with van der Waals surface area (Å²) in [6, 6.07) is 14.6. The molecule has 0 radical (unpaired) electrons. The molecule has 0 amide bonds. The molecule has 0 unspecified atom stereocenters. The Bertz CT molecular complexity index is 600. The van der Waals surface area contributed by atoms with Crippen molar-refractivity contribution in [3.63, 3.8) is 0 Å². The summed E-state index contributed by atoms with van der Waals surface area (Å²) >= 11 is 15.5. The number of alkyl halides is 2. The molecule has 1 heterocycles. The maximum absolute atomic E-state index is 6.11. The van der Waals surface area contributed by atoms with E-state index in [0.717, 1.165) is 5.02 Å². The van der Waals surface area contributed by atoms with Crippen molar-refractivity contribution in [2.24, 2.45) is 0 Å². The fraction of sp³-hybridized carbons (Fsp3) is 0.143. The van der Waals surface area contributed by atoms with Crippen molar-refractivity contribution in [1.82, 2.24) is 0 Å². The predicted molar refractivity (Wildman–Crippen MR) is 85.4 cm³/mol. The van der Waals surface area contributed by atoms with Crippen LogP contribution in [0.5, 0.6) is 0 Å². The molecule has 0 aliphatic carbocycles. The Morgan fingerprint density at radius 3 is 2.39 bits per heavy atom. The van der Waals surface area contributed by atoms with Crippen LogP contribution in [0.25, 0.3) is 0 Å². The molecule has 0 fully saturated rings. The lowest BCUT2D eigenvalue weighted by atomic mass is 10.0. The monoisotopic (exact) mass is 402 g/mol. The Labute approximate surface area is 132 Å². The van der Waals surface area contributed by atoms with Gasteiger partial charge in [-0.3, -0.25) is 0 Å². The van der Waals surface area contributed by atoms with Crippen LogP contribution in [0.4, 0.5) is 0 Å². The maximum Gasteiger partial charge on any atom is 0.0573 e. The fourth-order valence-electron chi connectivity index (χ4n) is 2.06. The van der Waals surface area contributed by atoms with Gasteiger partial charge < -0.3 is 0 Å². The zero-order chi connectivity index (χ0) is 12.7. The van der Waals surface area contributed by atoms with Gasteiger partial charge in [0, 0.05) is 14.8 Å². The third kappa shape index (κ3) is 2.26. The first-order valence-corrected chi connectivity index (χ1v) is 8.54. The number of rotatable bonds is 0. The van der Waals surface area contributed by atoms with Gasteiger partial charge in [0.2, 0.25) is 0 Å². The molecule has 18 heavy (non-hydrogen) atoms. The predicted octanol–water partition coefficient (Wildman–Crippen LogP) is 6.38. The Hall–Kier alpha value is 0.0400. The van der Waals surface area contributed by atoms with Gasteiger partial charge in [-0.1, -0.05) is 73.4 Å². The average molecular weight is 405 g/mol. The van der Waals surface area contributed by atoms with Gasteiger partial charge in [0.05, 0.1) is 9.65 Å². The van der Waals surface area contributed by atoms with E-state index in [-0.39, 0.29) is 9.65 Å². The standard InChI is InChI=1S/C14H9Br2ClS/c15-13-9-3-1-2-4-11(9)18-12-6-5-8(17)7-10(12)14(13)16/h1-7,13-14H/t13-,14+/m0/s1. The van der Waals surface area contributed by atoms with E-state index in [1.807, 2.05) is 12.1 Å². The highest BCUT2D eigenvalue weighted by Gasteiger charge is 2.28. The zero-order valence-electron chi connectivity index (χ0n) is 9.24. The van der Waals surface area contributed by atoms with Crippen LogP contribution in [0.2, 0.25) is 5.02 Å². The molecule has 2 atom stereocenters. The smallest absolute Gasteiger partial charge is 0.0573 e. The topological polar surface area (TPSA) is 0 Å². The van der Waals surface area contributed by atoms with Crippen LogP contribution in [0, 0.1) is 0 Å². The largest absolute Gasteiger partial charge is 0.0894 e. The van der Waals surface area contributed by atoms with Crippen molar-refractivity contribution in [1.29, 1.82) is 0 Å². The van der Waals surface area contributed by atoms with E-state index in [0.29, 0.717) is 0 Å². The molecule has 0 N–H and O–H groups in total. The molecule has 0 saturated heterocycles. The van der Waals surface area contributed by atoms with E-state index in [4.69, 9.17) is 11.6 Å². The molecule has 2 aromatic rings. The first-order valence-electron chi connectivity index (χ1n) is 5.51. The SMILES string of the molecule is Clc1ccc2c(c1)[C@@H](Br)[C@@H](Br)c1ccccc1S2. The van der Waals surface area contributed by atoms with Crippen LogP contribution in [-0.4, -0.2) is 0 Å². The van der Waals surface area contributed by atoms with Gasteiger partial charge in [0.25, 0.3) is 0 Å². The van der Waals surface area contributed by atoms with Crippen molar-refractivity contribution >= 4 is 55.2 Å². The second kappa shape index (κ2) is 5.20. The van der Waals surface area contributed by atoms with E-state index in [2.05, 4.69) is 62.2 Å². The first-order chi connectivity index (χ1) is 8.66. The summed E-state index contributed by atoms with van der Waals surface area (Å²) in [5.74, 6) is 0. The Kier molecular flexibility index (Phi) is 3.77. The van der Waals surface area contributed by atoms with Crippen molar-refractivity contribution in [3.8, 4) is 0 Å². The first kappa shape index (κ1) is 13.0. The van der Waals surface area contributed by atoms with Crippen molar-refractivity contribution in [2.45, 2.75) is 19.4 Å². The van der Waals surface area contributed by atoms with E-state index in [1.54, 1.807) is 11.8 Å². The van der Waals surface area contributed by atoms with E-state index < -0.39 is 0 Å². The molecule has 1 aliphatic rings. The summed E-state index contributed by atoms with van der Waals surface area (Å²) in [7, 11) is 0. The normalized spacial score (nSPS) is 21.9. The fourth-order valence-corrected chi connectivity index (χ4v) is 5.03. The third-order valence-corrected chi connectivity index (χ3v) is 7.13. The number of hydrogen-bond donors (Lipinski definition) is 0. The van der Waals surface area contributed by atoms with Gasteiger partial charge >= 0.3 is 0 Å². The van der Waals surface area contributed by atoms with Crippen molar-refractivity contribution in [3.05, 3.63) is 58.6 Å². The second-order valence-electron chi connectivity index (χ2n) is 4.13. The van der Waals surface area contributed by atoms with Crippen molar-refractivity contribution in [2.75, 3.05) is 0 Å². The number of halogens is 3. The van der Waals surface area contributed by atoms with Crippen LogP contribution in [-0.2, 0) is 0 Å². The molecule has 3 rings (SSSR count). The van der Waals surface area contributed by atoms with Gasteiger partial charge in [-0.2, -0.15) is 0 Å². The molecule has 0 nitrogen and oxygen atoms in total. The van der Waals surface area contributed by atoms with Crippen LogP contribution in [0.3, 0.4) is 0 Å². The summed E-state index contributed by atoms with van der Waals surface area (Å²) in [6.07, 6.45) is 0. The summed E-state index contributed by atoms with van der Waals surface area (Å²) in [5, 5.41) is 0.782.